The first-order valence-electron chi connectivity index (χ1n) is 9.61. The quantitative estimate of drug-likeness (QED) is 0.624. The number of nitrogens with zero attached hydrogens (tertiary/aromatic N) is 2. The normalized spacial score (nSPS) is 15.3. The van der Waals surface area contributed by atoms with Gasteiger partial charge in [0.1, 0.15) is 17.4 Å². The number of pyridine rings is 1. The predicted octanol–water partition coefficient (Wildman–Crippen LogP) is 4.38. The smallest absolute Gasteiger partial charge is 0.258 e. The van der Waals surface area contributed by atoms with Crippen molar-refractivity contribution in [3.8, 4) is 11.8 Å². The second kappa shape index (κ2) is 8.21. The van der Waals surface area contributed by atoms with Gasteiger partial charge in [-0.25, -0.2) is 0 Å². The van der Waals surface area contributed by atoms with Crippen LogP contribution in [0.15, 0.2) is 81.4 Å². The summed E-state index contributed by atoms with van der Waals surface area (Å²) < 4.78 is 8.37. The van der Waals surface area contributed by atoms with Crippen molar-refractivity contribution < 1.29 is 4.74 Å². The molecule has 1 aliphatic heterocycles. The number of allylic oxidation sites excluding steroid dienone is 1. The number of hydrogen-bond acceptors (Lipinski definition) is 4. The first-order chi connectivity index (χ1) is 14.5. The molecule has 0 spiro atoms. The van der Waals surface area contributed by atoms with Gasteiger partial charge < -0.3 is 15.0 Å². The molecule has 30 heavy (non-hydrogen) atoms. The van der Waals surface area contributed by atoms with E-state index >= 15 is 0 Å². The van der Waals surface area contributed by atoms with E-state index in [-0.39, 0.29) is 17.0 Å². The Morgan fingerprint density at radius 1 is 1.17 bits per heavy atom. The van der Waals surface area contributed by atoms with Crippen LogP contribution < -0.4 is 16.0 Å². The van der Waals surface area contributed by atoms with Crippen LogP contribution in [-0.4, -0.2) is 4.57 Å². The first-order valence-corrected chi connectivity index (χ1v) is 10.4. The monoisotopic (exact) mass is 461 g/mol. The standard InChI is InChI=1S/C24H20BrN3O2/c1-15-13-20-22(24(29)28(15)12-11-16-5-3-2-4-6-16)21(19(14-26)23(27)30-20)17-7-9-18(25)10-8-17/h2-10,13,21H,11-12,27H2,1H3/t21-/m0/s1. The molecule has 6 heteroatoms. The third-order valence-corrected chi connectivity index (χ3v) is 5.89. The van der Waals surface area contributed by atoms with E-state index in [0.29, 0.717) is 17.9 Å². The van der Waals surface area contributed by atoms with E-state index in [9.17, 15) is 10.1 Å². The zero-order valence-corrected chi connectivity index (χ0v) is 18.0. The molecule has 4 rings (SSSR count). The van der Waals surface area contributed by atoms with Crippen LogP contribution >= 0.6 is 15.9 Å². The van der Waals surface area contributed by atoms with Crippen molar-refractivity contribution in [3.63, 3.8) is 0 Å². The molecule has 0 aliphatic carbocycles. The lowest BCUT2D eigenvalue weighted by molar-refractivity contribution is 0.388. The van der Waals surface area contributed by atoms with Gasteiger partial charge in [-0.1, -0.05) is 58.4 Å². The Morgan fingerprint density at radius 2 is 1.87 bits per heavy atom. The molecular weight excluding hydrogens is 442 g/mol. The predicted molar refractivity (Wildman–Crippen MR) is 119 cm³/mol. The minimum Gasteiger partial charge on any atom is -0.440 e. The van der Waals surface area contributed by atoms with Gasteiger partial charge in [-0.05, 0) is 36.6 Å². The Labute approximate surface area is 183 Å². The van der Waals surface area contributed by atoms with Crippen LogP contribution in [0.1, 0.15) is 28.3 Å². The maximum absolute atomic E-state index is 13.6. The molecule has 1 aliphatic rings. The van der Waals surface area contributed by atoms with Gasteiger partial charge in [0.15, 0.2) is 0 Å². The Bertz CT molecular complexity index is 1220. The highest BCUT2D eigenvalue weighted by atomic mass is 79.9. The van der Waals surface area contributed by atoms with Crippen LogP contribution in [0.3, 0.4) is 0 Å². The average molecular weight is 462 g/mol. The molecule has 2 heterocycles. The van der Waals surface area contributed by atoms with Gasteiger partial charge >= 0.3 is 0 Å². The summed E-state index contributed by atoms with van der Waals surface area (Å²) >= 11 is 3.43. The molecule has 2 N–H and O–H groups in total. The van der Waals surface area contributed by atoms with Crippen molar-refractivity contribution in [1.29, 1.82) is 5.26 Å². The fourth-order valence-electron chi connectivity index (χ4n) is 3.84. The van der Waals surface area contributed by atoms with Crippen molar-refractivity contribution in [3.05, 3.63) is 109 Å². The lowest BCUT2D eigenvalue weighted by atomic mass is 9.84. The number of halogens is 1. The molecule has 2 aromatic carbocycles. The molecule has 1 atom stereocenters. The van der Waals surface area contributed by atoms with Crippen molar-refractivity contribution >= 4 is 15.9 Å². The summed E-state index contributed by atoms with van der Waals surface area (Å²) in [5.74, 6) is -0.112. The van der Waals surface area contributed by atoms with E-state index in [1.165, 1.54) is 0 Å². The van der Waals surface area contributed by atoms with Crippen LogP contribution in [0.2, 0.25) is 0 Å². The summed E-state index contributed by atoms with van der Waals surface area (Å²) in [5.41, 5.74) is 9.35. The maximum atomic E-state index is 13.6. The highest BCUT2D eigenvalue weighted by Crippen LogP contribution is 2.40. The average Bonchev–Trinajstić information content (AvgIpc) is 2.74. The Hall–Kier alpha value is -3.30. The van der Waals surface area contributed by atoms with Gasteiger partial charge in [0.05, 0.1) is 11.5 Å². The molecule has 0 amide bonds. The molecule has 0 unspecified atom stereocenters. The molecule has 0 saturated carbocycles. The number of rotatable bonds is 4. The van der Waals surface area contributed by atoms with Crippen molar-refractivity contribution in [2.24, 2.45) is 5.73 Å². The third-order valence-electron chi connectivity index (χ3n) is 5.36. The lowest BCUT2D eigenvalue weighted by Crippen LogP contribution is -2.33. The number of nitrogens with two attached hydrogens (primary N) is 1. The molecule has 1 aromatic heterocycles. The molecular formula is C24H20BrN3O2. The third kappa shape index (κ3) is 3.64. The van der Waals surface area contributed by atoms with E-state index in [1.807, 2.05) is 67.6 Å². The molecule has 3 aromatic rings. The van der Waals surface area contributed by atoms with Gasteiger partial charge in [0.2, 0.25) is 5.88 Å². The second-order valence-electron chi connectivity index (χ2n) is 7.23. The summed E-state index contributed by atoms with van der Waals surface area (Å²) in [6.07, 6.45) is 0.729. The summed E-state index contributed by atoms with van der Waals surface area (Å²) in [6.45, 7) is 2.42. The largest absolute Gasteiger partial charge is 0.440 e. The zero-order valence-electron chi connectivity index (χ0n) is 16.4. The molecule has 0 radical (unpaired) electrons. The van der Waals surface area contributed by atoms with E-state index in [1.54, 1.807) is 4.57 Å². The minimum absolute atomic E-state index is 0.0405. The van der Waals surface area contributed by atoms with E-state index in [4.69, 9.17) is 10.5 Å². The van der Waals surface area contributed by atoms with E-state index in [2.05, 4.69) is 22.0 Å². The van der Waals surface area contributed by atoms with Crippen LogP contribution in [0.25, 0.3) is 0 Å². The minimum atomic E-state index is -0.567. The van der Waals surface area contributed by atoms with E-state index < -0.39 is 5.92 Å². The number of benzene rings is 2. The number of ether oxygens (including phenoxy) is 1. The van der Waals surface area contributed by atoms with E-state index in [0.717, 1.165) is 27.7 Å². The molecule has 0 saturated heterocycles. The van der Waals surface area contributed by atoms with Crippen molar-refractivity contribution in [2.75, 3.05) is 0 Å². The van der Waals surface area contributed by atoms with Gasteiger partial charge in [-0.2, -0.15) is 5.26 Å². The highest BCUT2D eigenvalue weighted by molar-refractivity contribution is 9.10. The van der Waals surface area contributed by atoms with Gasteiger partial charge in [-0.3, -0.25) is 4.79 Å². The van der Waals surface area contributed by atoms with Crippen molar-refractivity contribution in [1.82, 2.24) is 4.57 Å². The second-order valence-corrected chi connectivity index (χ2v) is 8.15. The number of fused-ring (bicyclic) bond motifs is 1. The SMILES string of the molecule is Cc1cc2c(c(=O)n1CCc1ccccc1)[C@@H](c1ccc(Br)cc1)C(C#N)=C(N)O2. The van der Waals surface area contributed by atoms with Crippen LogP contribution in [0.5, 0.6) is 5.75 Å². The number of hydrogen-bond donors (Lipinski definition) is 1. The first kappa shape index (κ1) is 20.0. The fourth-order valence-corrected chi connectivity index (χ4v) is 4.10. The van der Waals surface area contributed by atoms with Gasteiger partial charge in [-0.15, -0.1) is 0 Å². The molecule has 0 bridgehead atoms. The Kier molecular flexibility index (Phi) is 5.47. The fraction of sp³-hybridized carbons (Fsp3) is 0.167. The summed E-state index contributed by atoms with van der Waals surface area (Å²) in [4.78, 5) is 13.6. The zero-order chi connectivity index (χ0) is 21.3. The summed E-state index contributed by atoms with van der Waals surface area (Å²) in [5, 5.41) is 9.75. The topological polar surface area (TPSA) is 81.0 Å². The Balaban J connectivity index is 1.83. The lowest BCUT2D eigenvalue weighted by Gasteiger charge is -2.27. The molecule has 5 nitrogen and oxygen atoms in total. The molecule has 150 valence electrons. The number of nitriles is 1. The Morgan fingerprint density at radius 3 is 2.53 bits per heavy atom. The maximum Gasteiger partial charge on any atom is 0.258 e. The number of aromatic nitrogens is 1. The molecule has 0 fully saturated rings. The highest BCUT2D eigenvalue weighted by Gasteiger charge is 2.34. The van der Waals surface area contributed by atoms with Gasteiger partial charge in [0, 0.05) is 22.8 Å². The summed E-state index contributed by atoms with van der Waals surface area (Å²) in [6, 6.07) is 21.6. The summed E-state index contributed by atoms with van der Waals surface area (Å²) in [7, 11) is 0. The number of aryl methyl sites for hydroxylation is 2. The van der Waals surface area contributed by atoms with Crippen LogP contribution in [-0.2, 0) is 13.0 Å². The van der Waals surface area contributed by atoms with Crippen molar-refractivity contribution in [2.45, 2.75) is 25.8 Å². The van der Waals surface area contributed by atoms with Crippen LogP contribution in [0, 0.1) is 18.3 Å². The van der Waals surface area contributed by atoms with Crippen LogP contribution in [0.4, 0.5) is 0 Å². The van der Waals surface area contributed by atoms with Gasteiger partial charge in [0.25, 0.3) is 5.56 Å².